The zero-order valence-electron chi connectivity index (χ0n) is 16.6. The molecule has 0 spiro atoms. The fourth-order valence-corrected chi connectivity index (χ4v) is 4.73. The minimum atomic E-state index is -5.32. The lowest BCUT2D eigenvalue weighted by Crippen LogP contribution is -2.38. The first kappa shape index (κ1) is 25.6. The van der Waals surface area contributed by atoms with E-state index in [-0.39, 0.29) is 35.3 Å². The Hall–Kier alpha value is -1.67. The Bertz CT molecular complexity index is 707. The van der Waals surface area contributed by atoms with Crippen LogP contribution in [0.1, 0.15) is 68.6 Å². The van der Waals surface area contributed by atoms with Crippen LogP contribution >= 0.6 is 0 Å². The Morgan fingerprint density at radius 2 is 1.23 bits per heavy atom. The standard InChI is InChI=1S/C21H25F7O2.CH4.2H2/c1-12-2-4-13(5-3-12)14-6-8-15(9-7-14)20(24,25)29-16-10-17(22)19(18(23)11-16)30-21(26,27)28;;;/h10-15H,2-9H2,1H3;1H4;2*1H. The molecule has 1 aromatic rings. The molecule has 0 amide bonds. The predicted octanol–water partition coefficient (Wildman–Crippen LogP) is 8.60. The predicted molar refractivity (Wildman–Crippen MR) is 106 cm³/mol. The second-order valence-electron chi connectivity index (χ2n) is 8.56. The van der Waals surface area contributed by atoms with E-state index in [1.54, 1.807) is 0 Å². The van der Waals surface area contributed by atoms with Crippen molar-refractivity contribution >= 4 is 0 Å². The van der Waals surface area contributed by atoms with E-state index in [1.165, 1.54) is 0 Å². The molecular formula is C22H33F7O2. The summed E-state index contributed by atoms with van der Waals surface area (Å²) in [5.74, 6) is -5.58. The molecule has 2 aliphatic rings. The number of ether oxygens (including phenoxy) is 2. The molecule has 0 aromatic heterocycles. The molecule has 0 radical (unpaired) electrons. The van der Waals surface area contributed by atoms with Gasteiger partial charge in [-0.1, -0.05) is 27.2 Å². The van der Waals surface area contributed by atoms with Crippen LogP contribution in [-0.4, -0.2) is 12.5 Å². The van der Waals surface area contributed by atoms with Gasteiger partial charge in [0.1, 0.15) is 5.75 Å². The first-order chi connectivity index (χ1) is 13.9. The summed E-state index contributed by atoms with van der Waals surface area (Å²) in [6, 6.07) is 0.541. The Balaban J connectivity index is 0.00000341. The SMILES string of the molecule is C.CC1CCC(C2CCC(C(F)(F)Oc3cc(F)c(OC(F)(F)F)c(F)c3)CC2)CC1.[HH].[HH]. The first-order valence-electron chi connectivity index (χ1n) is 10.3. The van der Waals surface area contributed by atoms with Crippen LogP contribution < -0.4 is 9.47 Å². The minimum absolute atomic E-state index is 0. The molecule has 0 saturated heterocycles. The molecule has 2 saturated carbocycles. The van der Waals surface area contributed by atoms with Crippen molar-refractivity contribution in [2.24, 2.45) is 23.7 Å². The summed E-state index contributed by atoms with van der Waals surface area (Å²) in [4.78, 5) is 0. The Morgan fingerprint density at radius 3 is 1.68 bits per heavy atom. The third kappa shape index (κ3) is 6.65. The van der Waals surface area contributed by atoms with Gasteiger partial charge in [-0.25, -0.2) is 8.78 Å². The smallest absolute Gasteiger partial charge is 0.432 e. The summed E-state index contributed by atoms with van der Waals surface area (Å²) in [7, 11) is 0. The van der Waals surface area contributed by atoms with Crippen LogP contribution in [0.25, 0.3) is 0 Å². The highest BCUT2D eigenvalue weighted by molar-refractivity contribution is 5.35. The summed E-state index contributed by atoms with van der Waals surface area (Å²) in [6.45, 7) is 2.22. The van der Waals surface area contributed by atoms with Gasteiger partial charge >= 0.3 is 12.5 Å². The minimum Gasteiger partial charge on any atom is -0.432 e. The summed E-state index contributed by atoms with van der Waals surface area (Å²) < 4.78 is 101. The second-order valence-corrected chi connectivity index (χ2v) is 8.56. The average Bonchev–Trinajstić information content (AvgIpc) is 2.64. The lowest BCUT2D eigenvalue weighted by molar-refractivity contribution is -0.276. The third-order valence-electron chi connectivity index (χ3n) is 6.42. The molecule has 2 fully saturated rings. The van der Waals surface area contributed by atoms with Gasteiger partial charge in [0.05, 0.1) is 5.92 Å². The van der Waals surface area contributed by atoms with Gasteiger partial charge in [-0.05, 0) is 56.3 Å². The lowest BCUT2D eigenvalue weighted by Gasteiger charge is -2.38. The van der Waals surface area contributed by atoms with Crippen molar-refractivity contribution < 1.29 is 43.1 Å². The topological polar surface area (TPSA) is 18.5 Å². The monoisotopic (exact) mass is 462 g/mol. The highest BCUT2D eigenvalue weighted by Crippen LogP contribution is 2.45. The van der Waals surface area contributed by atoms with E-state index in [0.29, 0.717) is 30.6 Å². The van der Waals surface area contributed by atoms with Gasteiger partial charge in [-0.2, -0.15) is 8.78 Å². The highest BCUT2D eigenvalue weighted by Gasteiger charge is 2.45. The van der Waals surface area contributed by atoms with Gasteiger partial charge in [-0.15, -0.1) is 13.2 Å². The molecule has 9 heteroatoms. The fraction of sp³-hybridized carbons (Fsp3) is 0.727. The summed E-state index contributed by atoms with van der Waals surface area (Å²) in [6.07, 6.45) is -2.70. The van der Waals surface area contributed by atoms with Crippen molar-refractivity contribution in [3.05, 3.63) is 23.8 Å². The van der Waals surface area contributed by atoms with E-state index in [1.807, 2.05) is 0 Å². The number of rotatable bonds is 5. The van der Waals surface area contributed by atoms with Crippen molar-refractivity contribution in [2.75, 3.05) is 0 Å². The molecule has 0 unspecified atom stereocenters. The Morgan fingerprint density at radius 1 is 0.774 bits per heavy atom. The van der Waals surface area contributed by atoms with E-state index >= 15 is 0 Å². The van der Waals surface area contributed by atoms with Gasteiger partial charge in [0, 0.05) is 15.0 Å². The van der Waals surface area contributed by atoms with Gasteiger partial charge in [-0.3, -0.25) is 0 Å². The normalized spacial score (nSPS) is 27.4. The third-order valence-corrected chi connectivity index (χ3v) is 6.42. The molecule has 0 atom stereocenters. The van der Waals surface area contributed by atoms with Crippen LogP contribution in [0.5, 0.6) is 11.5 Å². The molecule has 2 aliphatic carbocycles. The van der Waals surface area contributed by atoms with Crippen molar-refractivity contribution in [2.45, 2.75) is 78.2 Å². The molecular weight excluding hydrogens is 429 g/mol. The molecule has 3 rings (SSSR count). The molecule has 0 bridgehead atoms. The Kier molecular flexibility index (Phi) is 8.14. The Labute approximate surface area is 181 Å². The fourth-order valence-electron chi connectivity index (χ4n) is 4.73. The second kappa shape index (κ2) is 9.86. The maximum Gasteiger partial charge on any atom is 0.573 e. The van der Waals surface area contributed by atoms with E-state index < -0.39 is 41.5 Å². The molecule has 31 heavy (non-hydrogen) atoms. The maximum atomic E-state index is 14.6. The molecule has 182 valence electrons. The molecule has 2 nitrogen and oxygen atoms in total. The number of alkyl halides is 5. The molecule has 0 N–H and O–H groups in total. The van der Waals surface area contributed by atoms with Crippen molar-refractivity contribution in [3.8, 4) is 11.5 Å². The quantitative estimate of drug-likeness (QED) is 0.408. The summed E-state index contributed by atoms with van der Waals surface area (Å²) in [5, 5.41) is 0. The number of hydrogen-bond acceptors (Lipinski definition) is 2. The lowest BCUT2D eigenvalue weighted by atomic mass is 9.69. The van der Waals surface area contributed by atoms with Crippen LogP contribution in [0.15, 0.2) is 12.1 Å². The molecule has 1 aromatic carbocycles. The van der Waals surface area contributed by atoms with Crippen LogP contribution in [0.3, 0.4) is 0 Å². The maximum absolute atomic E-state index is 14.6. The van der Waals surface area contributed by atoms with Gasteiger partial charge < -0.3 is 9.47 Å². The van der Waals surface area contributed by atoms with Crippen LogP contribution in [0, 0.1) is 35.3 Å². The number of hydrogen-bond donors (Lipinski definition) is 0. The van der Waals surface area contributed by atoms with Crippen molar-refractivity contribution in [3.63, 3.8) is 0 Å². The number of halogens is 7. The van der Waals surface area contributed by atoms with Gasteiger partial charge in [0.15, 0.2) is 11.6 Å². The largest absolute Gasteiger partial charge is 0.573 e. The molecule has 0 aliphatic heterocycles. The summed E-state index contributed by atoms with van der Waals surface area (Å²) >= 11 is 0. The van der Waals surface area contributed by atoms with Crippen LogP contribution in [0.2, 0.25) is 0 Å². The molecule has 0 heterocycles. The van der Waals surface area contributed by atoms with E-state index in [2.05, 4.69) is 16.4 Å². The van der Waals surface area contributed by atoms with Crippen molar-refractivity contribution in [1.82, 2.24) is 0 Å². The average molecular weight is 462 g/mol. The van der Waals surface area contributed by atoms with Crippen LogP contribution in [-0.2, 0) is 0 Å². The van der Waals surface area contributed by atoms with E-state index in [9.17, 15) is 30.7 Å². The van der Waals surface area contributed by atoms with Gasteiger partial charge in [0.2, 0.25) is 5.75 Å². The van der Waals surface area contributed by atoms with Crippen molar-refractivity contribution in [1.29, 1.82) is 0 Å². The van der Waals surface area contributed by atoms with E-state index in [0.717, 1.165) is 25.7 Å². The van der Waals surface area contributed by atoms with Crippen LogP contribution in [0.4, 0.5) is 30.7 Å². The first-order valence-corrected chi connectivity index (χ1v) is 10.3. The van der Waals surface area contributed by atoms with Gasteiger partial charge in [0.25, 0.3) is 0 Å². The zero-order chi connectivity index (χ0) is 22.1. The van der Waals surface area contributed by atoms with E-state index in [4.69, 9.17) is 0 Å². The number of benzene rings is 1. The zero-order valence-corrected chi connectivity index (χ0v) is 16.6. The summed E-state index contributed by atoms with van der Waals surface area (Å²) in [5.41, 5.74) is 0. The highest BCUT2D eigenvalue weighted by atomic mass is 19.4.